The van der Waals surface area contributed by atoms with Crippen LogP contribution in [0.3, 0.4) is 0 Å². The maximum absolute atomic E-state index is 13.3. The summed E-state index contributed by atoms with van der Waals surface area (Å²) in [5.74, 6) is -4.72. The van der Waals surface area contributed by atoms with E-state index in [9.17, 15) is 23.5 Å². The highest BCUT2D eigenvalue weighted by Gasteiger charge is 2.36. The highest BCUT2D eigenvalue weighted by atomic mass is 19.3. The van der Waals surface area contributed by atoms with Gasteiger partial charge in [0.25, 0.3) is 11.8 Å². The molecular formula is C16H15F2N3O3. The molecule has 6 nitrogen and oxygen atoms in total. The third kappa shape index (κ3) is 2.53. The van der Waals surface area contributed by atoms with Crippen LogP contribution in [-0.4, -0.2) is 32.8 Å². The van der Waals surface area contributed by atoms with Gasteiger partial charge in [0.1, 0.15) is 11.3 Å². The highest BCUT2D eigenvalue weighted by Crippen LogP contribution is 2.31. The molecular weight excluding hydrogens is 320 g/mol. The van der Waals surface area contributed by atoms with Gasteiger partial charge in [0, 0.05) is 18.2 Å². The van der Waals surface area contributed by atoms with Crippen molar-refractivity contribution >= 4 is 17.6 Å². The number of carboxylic acids is 1. The normalized spacial score (nSPS) is 17.8. The van der Waals surface area contributed by atoms with E-state index in [4.69, 9.17) is 0 Å². The van der Waals surface area contributed by atoms with Crippen molar-refractivity contribution in [3.8, 4) is 0 Å². The summed E-state index contributed by atoms with van der Waals surface area (Å²) in [5, 5.41) is 13.1. The number of carboxylic acid groups (broad SMARTS) is 1. The summed E-state index contributed by atoms with van der Waals surface area (Å²) in [6.45, 7) is 2.90. The Hall–Kier alpha value is -2.77. The molecule has 0 saturated heterocycles. The lowest BCUT2D eigenvalue weighted by Crippen LogP contribution is -2.47. The minimum absolute atomic E-state index is 0.00880. The fourth-order valence-corrected chi connectivity index (χ4v) is 2.84. The summed E-state index contributed by atoms with van der Waals surface area (Å²) in [5.41, 5.74) is 0.100. The topological polar surface area (TPSA) is 75.4 Å². The SMILES string of the molecule is C[C@H]1Cn2ncc(C(=O)O)c2C(=O)N1c1ccc(C(C)(F)F)cc1. The molecule has 8 heteroatoms. The fourth-order valence-electron chi connectivity index (χ4n) is 2.84. The van der Waals surface area contributed by atoms with Gasteiger partial charge in [0.15, 0.2) is 0 Å². The molecule has 1 atom stereocenters. The molecule has 0 saturated carbocycles. The van der Waals surface area contributed by atoms with Crippen LogP contribution in [0.2, 0.25) is 0 Å². The number of benzene rings is 1. The van der Waals surface area contributed by atoms with E-state index in [-0.39, 0.29) is 22.9 Å². The number of nitrogens with zero attached hydrogens (tertiary/aromatic N) is 3. The Bertz CT molecular complexity index is 809. The van der Waals surface area contributed by atoms with Gasteiger partial charge in [-0.1, -0.05) is 12.1 Å². The molecule has 126 valence electrons. The van der Waals surface area contributed by atoms with Crippen LogP contribution in [0.4, 0.5) is 14.5 Å². The van der Waals surface area contributed by atoms with Crippen molar-refractivity contribution in [1.29, 1.82) is 0 Å². The average molecular weight is 335 g/mol. The molecule has 2 heterocycles. The lowest BCUT2D eigenvalue weighted by Gasteiger charge is -2.34. The third-order valence-corrected chi connectivity index (χ3v) is 4.02. The predicted octanol–water partition coefficient (Wildman–Crippen LogP) is 2.74. The number of hydrogen-bond acceptors (Lipinski definition) is 3. The van der Waals surface area contributed by atoms with Crippen molar-refractivity contribution in [2.45, 2.75) is 32.4 Å². The van der Waals surface area contributed by atoms with Gasteiger partial charge in [-0.05, 0) is 19.1 Å². The van der Waals surface area contributed by atoms with Crippen molar-refractivity contribution in [3.05, 3.63) is 47.3 Å². The summed E-state index contributed by atoms with van der Waals surface area (Å²) in [6, 6.07) is 5.11. The number of halogens is 2. The average Bonchev–Trinajstić information content (AvgIpc) is 2.91. The maximum Gasteiger partial charge on any atom is 0.339 e. The van der Waals surface area contributed by atoms with Crippen LogP contribution < -0.4 is 4.90 Å². The molecule has 1 aliphatic rings. The molecule has 0 radical (unpaired) electrons. The first kappa shape index (κ1) is 16.1. The third-order valence-electron chi connectivity index (χ3n) is 4.02. The Labute approximate surface area is 136 Å². The maximum atomic E-state index is 13.3. The number of carbonyl (C=O) groups excluding carboxylic acids is 1. The number of anilines is 1. The molecule has 24 heavy (non-hydrogen) atoms. The molecule has 1 aromatic carbocycles. The lowest BCUT2D eigenvalue weighted by atomic mass is 10.1. The number of amides is 1. The molecule has 0 fully saturated rings. The first-order valence-electron chi connectivity index (χ1n) is 7.31. The Kier molecular flexibility index (Phi) is 3.62. The Balaban J connectivity index is 2.01. The highest BCUT2D eigenvalue weighted by molar-refractivity contribution is 6.11. The van der Waals surface area contributed by atoms with Crippen LogP contribution >= 0.6 is 0 Å². The minimum atomic E-state index is -2.97. The number of aromatic nitrogens is 2. The van der Waals surface area contributed by atoms with E-state index in [2.05, 4.69) is 5.10 Å². The van der Waals surface area contributed by atoms with Crippen LogP contribution in [0.1, 0.15) is 40.3 Å². The van der Waals surface area contributed by atoms with E-state index >= 15 is 0 Å². The van der Waals surface area contributed by atoms with Gasteiger partial charge >= 0.3 is 5.97 Å². The molecule has 0 aliphatic carbocycles. The summed E-state index contributed by atoms with van der Waals surface area (Å²) < 4.78 is 28.0. The number of rotatable bonds is 3. The molecule has 2 aromatic rings. The zero-order valence-electron chi connectivity index (χ0n) is 13.0. The molecule has 0 unspecified atom stereocenters. The minimum Gasteiger partial charge on any atom is -0.478 e. The molecule has 1 aromatic heterocycles. The number of alkyl halides is 2. The lowest BCUT2D eigenvalue weighted by molar-refractivity contribution is 0.0175. The Morgan fingerprint density at radius 3 is 2.50 bits per heavy atom. The number of fused-ring (bicyclic) bond motifs is 1. The van der Waals surface area contributed by atoms with Crippen LogP contribution in [0.15, 0.2) is 30.5 Å². The molecule has 1 N–H and O–H groups in total. The standard InChI is InChI=1S/C16H15F2N3O3/c1-9-8-20-13(12(7-19-20)15(23)24)14(22)21(9)11-5-3-10(4-6-11)16(2,17)18/h3-7,9H,8H2,1-2H3,(H,23,24)/t9-/m0/s1. The number of hydrogen-bond donors (Lipinski definition) is 1. The van der Waals surface area contributed by atoms with Crippen molar-refractivity contribution in [2.75, 3.05) is 4.90 Å². The van der Waals surface area contributed by atoms with Gasteiger partial charge in [-0.15, -0.1) is 0 Å². The van der Waals surface area contributed by atoms with Gasteiger partial charge < -0.3 is 10.0 Å². The quantitative estimate of drug-likeness (QED) is 0.936. The van der Waals surface area contributed by atoms with Crippen molar-refractivity contribution in [1.82, 2.24) is 9.78 Å². The summed E-state index contributed by atoms with van der Waals surface area (Å²) in [4.78, 5) is 25.4. The van der Waals surface area contributed by atoms with Gasteiger partial charge in [0.05, 0.1) is 18.8 Å². The summed E-state index contributed by atoms with van der Waals surface area (Å²) in [7, 11) is 0. The second-order valence-electron chi connectivity index (χ2n) is 5.85. The van der Waals surface area contributed by atoms with E-state index in [1.165, 1.54) is 33.8 Å². The van der Waals surface area contributed by atoms with Gasteiger partial charge in [-0.25, -0.2) is 13.6 Å². The van der Waals surface area contributed by atoms with Crippen LogP contribution in [0.25, 0.3) is 0 Å². The molecule has 0 bridgehead atoms. The first-order chi connectivity index (χ1) is 11.2. The molecule has 3 rings (SSSR count). The smallest absolute Gasteiger partial charge is 0.339 e. The van der Waals surface area contributed by atoms with Crippen LogP contribution in [0.5, 0.6) is 0 Å². The number of aromatic carboxylic acids is 1. The van der Waals surface area contributed by atoms with Crippen LogP contribution in [0, 0.1) is 0 Å². The Morgan fingerprint density at radius 1 is 1.33 bits per heavy atom. The second kappa shape index (κ2) is 5.40. The fraction of sp³-hybridized carbons (Fsp3) is 0.312. The van der Waals surface area contributed by atoms with Crippen molar-refractivity contribution < 1.29 is 23.5 Å². The Morgan fingerprint density at radius 2 is 1.96 bits per heavy atom. The first-order valence-corrected chi connectivity index (χ1v) is 7.31. The van der Waals surface area contributed by atoms with Crippen LogP contribution in [-0.2, 0) is 12.5 Å². The molecule has 1 amide bonds. The molecule has 0 spiro atoms. The van der Waals surface area contributed by atoms with E-state index in [1.54, 1.807) is 6.92 Å². The van der Waals surface area contributed by atoms with E-state index in [0.29, 0.717) is 12.2 Å². The van der Waals surface area contributed by atoms with Crippen molar-refractivity contribution in [3.63, 3.8) is 0 Å². The summed E-state index contributed by atoms with van der Waals surface area (Å²) in [6.07, 6.45) is 1.15. The zero-order chi connectivity index (χ0) is 17.6. The zero-order valence-corrected chi connectivity index (χ0v) is 13.0. The van der Waals surface area contributed by atoms with Gasteiger partial charge in [0.2, 0.25) is 0 Å². The van der Waals surface area contributed by atoms with E-state index in [0.717, 1.165) is 13.1 Å². The van der Waals surface area contributed by atoms with Gasteiger partial charge in [-0.2, -0.15) is 5.10 Å². The van der Waals surface area contributed by atoms with Gasteiger partial charge in [-0.3, -0.25) is 9.48 Å². The monoisotopic (exact) mass is 335 g/mol. The molecule has 1 aliphatic heterocycles. The number of carbonyl (C=O) groups is 2. The van der Waals surface area contributed by atoms with E-state index in [1.807, 2.05) is 0 Å². The second-order valence-corrected chi connectivity index (χ2v) is 5.85. The van der Waals surface area contributed by atoms with E-state index < -0.39 is 17.8 Å². The predicted molar refractivity (Wildman–Crippen MR) is 81.5 cm³/mol. The van der Waals surface area contributed by atoms with Crippen molar-refractivity contribution in [2.24, 2.45) is 0 Å². The largest absolute Gasteiger partial charge is 0.478 e. The summed E-state index contributed by atoms with van der Waals surface area (Å²) >= 11 is 0.